The molecule has 6 aromatic heterocycles. The molecule has 0 unspecified atom stereocenters. The molecular weight excluding hydrogens is 1580 g/mol. The van der Waals surface area contributed by atoms with Crippen LogP contribution in [0.2, 0.25) is 0 Å². The van der Waals surface area contributed by atoms with E-state index in [0.29, 0.717) is 0 Å². The zero-order valence-corrected chi connectivity index (χ0v) is 69.1. The van der Waals surface area contributed by atoms with Crippen molar-refractivity contribution in [3.63, 3.8) is 0 Å². The van der Waals surface area contributed by atoms with Gasteiger partial charge in [0.1, 0.15) is 11.3 Å². The number of aromatic nitrogens is 6. The summed E-state index contributed by atoms with van der Waals surface area (Å²) in [5.41, 5.74) is 10.8. The fourth-order valence-corrected chi connectivity index (χ4v) is 30.6. The Labute approximate surface area is 692 Å². The number of imidazole rings is 3. The minimum absolute atomic E-state index is 0.972. The summed E-state index contributed by atoms with van der Waals surface area (Å²) in [6, 6.07) is 145. The summed E-state index contributed by atoms with van der Waals surface area (Å²) in [6.45, 7) is 0. The number of para-hydroxylation sites is 7. The van der Waals surface area contributed by atoms with Crippen LogP contribution in [-0.4, -0.2) is 43.3 Å². The summed E-state index contributed by atoms with van der Waals surface area (Å²) < 4.78 is 7.05. The molecule has 6 heterocycles. The quantitative estimate of drug-likeness (QED) is 0.0624. The molecule has 12 heteroatoms. The molecule has 552 valence electrons. The molecule has 6 nitrogen and oxygen atoms in total. The molecule has 0 bridgehead atoms. The Morgan fingerprint density at radius 1 is 0.205 bits per heavy atom. The first kappa shape index (κ1) is 71.0. The molecule has 18 aromatic carbocycles. The molecule has 0 saturated heterocycles. The summed E-state index contributed by atoms with van der Waals surface area (Å²) in [5, 5.41) is 29.3. The summed E-state index contributed by atoms with van der Waals surface area (Å²) >= 11 is 17.3. The Morgan fingerprint density at radius 2 is 0.530 bits per heavy atom. The number of rotatable bonds is 9. The average Bonchev–Trinajstić information content (AvgIpc) is 1.62. The molecule has 0 aliphatic rings. The second kappa shape index (κ2) is 28.7. The van der Waals surface area contributed by atoms with Gasteiger partial charge in [0.15, 0.2) is 0 Å². The number of pyridine rings is 3. The van der Waals surface area contributed by atoms with E-state index in [4.69, 9.17) is 38.6 Å². The van der Waals surface area contributed by atoms with Crippen molar-refractivity contribution in [2.75, 3.05) is 0 Å². The van der Waals surface area contributed by atoms with Gasteiger partial charge in [-0.25, -0.2) is 9.97 Å². The van der Waals surface area contributed by atoms with Crippen LogP contribution in [0.15, 0.2) is 419 Å². The summed E-state index contributed by atoms with van der Waals surface area (Å²) in [7, 11) is 0. The number of benzene rings is 18. The molecule has 0 aliphatic carbocycles. The number of fused-ring (bicyclic) bond motifs is 27. The van der Waals surface area contributed by atoms with Gasteiger partial charge in [-0.3, -0.25) is 8.80 Å². The molecule has 24 aromatic rings. The zero-order chi connectivity index (χ0) is 77.9. The van der Waals surface area contributed by atoms with E-state index in [0.717, 1.165) is 71.8 Å². The van der Waals surface area contributed by atoms with Gasteiger partial charge < -0.3 is 0 Å². The van der Waals surface area contributed by atoms with Crippen LogP contribution in [0.4, 0.5) is 0 Å². The minimum atomic E-state index is -2.42. The van der Waals surface area contributed by atoms with E-state index >= 15 is 0 Å². The van der Waals surface area contributed by atoms with Crippen LogP contribution >= 0.6 is 17.6 Å². The fourth-order valence-electron chi connectivity index (χ4n) is 17.9. The molecular formula is C105H69N6P3S2Se. The maximum atomic E-state index is 6.87. The first-order valence-corrected chi connectivity index (χ1v) is 48.9. The van der Waals surface area contributed by atoms with Crippen LogP contribution in [0, 0.1) is 0 Å². The Hall–Kier alpha value is -12.6. The number of hydrogen-bond donors (Lipinski definition) is 0. The molecule has 0 N–H and O–H groups in total. The predicted molar refractivity (Wildman–Crippen MR) is 512 cm³/mol. The van der Waals surface area contributed by atoms with Crippen molar-refractivity contribution in [3.8, 4) is 0 Å². The second-order valence-electron chi connectivity index (χ2n) is 29.9. The van der Waals surface area contributed by atoms with E-state index in [1.54, 1.807) is 0 Å². The third kappa shape index (κ3) is 11.5. The zero-order valence-electron chi connectivity index (χ0n) is 63.1. The van der Waals surface area contributed by atoms with Crippen molar-refractivity contribution >= 4 is 251 Å². The molecule has 0 amide bonds. The van der Waals surface area contributed by atoms with Crippen molar-refractivity contribution < 1.29 is 0 Å². The van der Waals surface area contributed by atoms with E-state index in [9.17, 15) is 0 Å². The third-order valence-electron chi connectivity index (χ3n) is 23.4. The van der Waals surface area contributed by atoms with Crippen molar-refractivity contribution in [1.82, 2.24) is 28.2 Å². The van der Waals surface area contributed by atoms with Gasteiger partial charge >= 0.3 is 235 Å². The van der Waals surface area contributed by atoms with Crippen molar-refractivity contribution in [2.45, 2.75) is 0 Å². The molecule has 0 aliphatic heterocycles. The average molecular weight is 1650 g/mol. The van der Waals surface area contributed by atoms with Crippen LogP contribution in [0.3, 0.4) is 0 Å². The van der Waals surface area contributed by atoms with Gasteiger partial charge in [-0.05, 0) is 120 Å². The SMILES string of the molecule is S=P(c1ccccc1)(c1ccccc1)c1ccc2c(c1)c1cc3ccccc3cc1c1nc3ccccc3n21.S=P(c1ccccc1)(c1ccccc1)c1cccc2c3cc4ccccc4cc3c3nc4ccccc4n3c12.[Se]=P(c1ccccc1)(c1ccccc1)c1ccc2c3cc4ccccc4cc3c3nc4ccccc4n3c2c1. The molecule has 24 rings (SSSR count). The number of nitrogens with zero attached hydrogens (tertiary/aromatic N) is 6. The molecule has 0 radical (unpaired) electrons. The van der Waals surface area contributed by atoms with Gasteiger partial charge in [0, 0.05) is 38.9 Å². The van der Waals surface area contributed by atoms with Gasteiger partial charge in [0.05, 0.1) is 33.1 Å². The molecule has 0 fully saturated rings. The summed E-state index contributed by atoms with van der Waals surface area (Å²) in [4.78, 5) is 15.5. The van der Waals surface area contributed by atoms with Crippen LogP contribution < -0.4 is 47.7 Å². The Bertz CT molecular complexity index is 8100. The van der Waals surface area contributed by atoms with Gasteiger partial charge in [-0.2, -0.15) is 0 Å². The second-order valence-corrected chi connectivity index (χ2v) is 44.9. The number of hydrogen-bond acceptors (Lipinski definition) is 5. The van der Waals surface area contributed by atoms with Crippen molar-refractivity contribution in [1.29, 1.82) is 0 Å². The normalized spacial score (nSPS) is 12.2. The Balaban J connectivity index is 0.000000106. The molecule has 0 atom stereocenters. The van der Waals surface area contributed by atoms with Gasteiger partial charge in [0.25, 0.3) is 0 Å². The summed E-state index contributed by atoms with van der Waals surface area (Å²) in [6.07, 6.45) is 0. The van der Waals surface area contributed by atoms with Crippen LogP contribution in [0.5, 0.6) is 0 Å². The fraction of sp³-hybridized carbons (Fsp3) is 0. The van der Waals surface area contributed by atoms with Gasteiger partial charge in [-0.1, -0.05) is 242 Å². The standard InChI is InChI=1S/2C35H23N2PS.C35H23N2PSe/c39-38(26-14-3-1-4-15-26,27-16-5-2-6-17-27)33-21-11-18-28-29-22-24-12-7-8-13-25(24)23-30(29)35-36-31-19-9-10-20-32(31)37(35)34(28)33;39-38(26-13-3-1-4-14-26,27-15-5-2-6-16-27)28-19-20-33-30(23-28)29-21-24-11-7-8-12-25(24)22-31(29)35-36-32-17-9-10-18-34(32)37(33)35;39-38(26-13-3-1-4-14-26,27-15-5-2-6-16-27)28-19-20-29-30-21-24-11-7-8-12-25(24)22-31(30)35-36-32-17-9-10-18-33(32)37(35)34(29)23-28/h3*1-23H. The Morgan fingerprint density at radius 3 is 0.957 bits per heavy atom. The summed E-state index contributed by atoms with van der Waals surface area (Å²) in [5.74, 6) is 0. The first-order chi connectivity index (χ1) is 57.7. The van der Waals surface area contributed by atoms with Crippen molar-refractivity contribution in [3.05, 3.63) is 419 Å². The van der Waals surface area contributed by atoms with Crippen LogP contribution in [-0.2, 0) is 23.6 Å². The van der Waals surface area contributed by atoms with Gasteiger partial charge in [-0.15, -0.1) is 0 Å². The molecule has 0 saturated carbocycles. The molecule has 0 spiro atoms. The van der Waals surface area contributed by atoms with E-state index in [1.165, 1.54) is 123 Å². The third-order valence-corrected chi connectivity index (χ3v) is 40.3. The topological polar surface area (TPSA) is 51.9 Å². The first-order valence-electron chi connectivity index (χ1n) is 39.3. The van der Waals surface area contributed by atoms with E-state index in [2.05, 4.69) is 447 Å². The monoisotopic (exact) mass is 1650 g/mol. The van der Waals surface area contributed by atoms with Crippen LogP contribution in [0.25, 0.3) is 147 Å². The van der Waals surface area contributed by atoms with E-state index in [1.807, 2.05) is 0 Å². The molecule has 117 heavy (non-hydrogen) atoms. The van der Waals surface area contributed by atoms with Crippen LogP contribution in [0.1, 0.15) is 0 Å². The van der Waals surface area contributed by atoms with E-state index in [-0.39, 0.29) is 0 Å². The van der Waals surface area contributed by atoms with E-state index < -0.39 is 17.6 Å². The predicted octanol–water partition coefficient (Wildman–Crippen LogP) is 22.7. The van der Waals surface area contributed by atoms with Crippen molar-refractivity contribution in [2.24, 2.45) is 0 Å². The Kier molecular flexibility index (Phi) is 17.4. The van der Waals surface area contributed by atoms with Gasteiger partial charge in [0.2, 0.25) is 0 Å². The maximum absolute atomic E-state index is 6.87.